The van der Waals surface area contributed by atoms with Gasteiger partial charge < -0.3 is 10.1 Å². The first kappa shape index (κ1) is 12.7. The minimum absolute atomic E-state index is 0.0255. The number of hydrogen-bond acceptors (Lipinski definition) is 3. The summed E-state index contributed by atoms with van der Waals surface area (Å²) in [6.07, 6.45) is 0.707. The van der Waals surface area contributed by atoms with E-state index >= 15 is 0 Å². The third-order valence-corrected chi connectivity index (χ3v) is 3.50. The van der Waals surface area contributed by atoms with Crippen molar-refractivity contribution in [1.29, 1.82) is 0 Å². The van der Waals surface area contributed by atoms with E-state index in [4.69, 9.17) is 4.74 Å². The van der Waals surface area contributed by atoms with Gasteiger partial charge in [-0.1, -0.05) is 18.2 Å². The number of aromatic nitrogens is 2. The normalized spacial score (nSPS) is 17.2. The van der Waals surface area contributed by atoms with Crippen LogP contribution >= 0.6 is 0 Å². The summed E-state index contributed by atoms with van der Waals surface area (Å²) in [7, 11) is 1.81. The van der Waals surface area contributed by atoms with E-state index in [-0.39, 0.29) is 11.8 Å². The van der Waals surface area contributed by atoms with Crippen LogP contribution in [0.25, 0.3) is 0 Å². The Bertz CT molecular complexity index is 648. The predicted molar refractivity (Wildman–Crippen MR) is 75.7 cm³/mol. The zero-order chi connectivity index (χ0) is 14.1. The number of nitrogens with zero attached hydrogens (tertiary/aromatic N) is 2. The lowest BCUT2D eigenvalue weighted by atomic mass is 9.96. The number of hydrogen-bond donors (Lipinski definition) is 1. The largest absolute Gasteiger partial charge is 0.492 e. The maximum Gasteiger partial charge on any atom is 0.232 e. The molecule has 0 radical (unpaired) electrons. The molecular weight excluding hydrogens is 254 g/mol. The maximum atomic E-state index is 12.3. The van der Waals surface area contributed by atoms with Crippen LogP contribution in [0.4, 0.5) is 5.82 Å². The first-order valence-electron chi connectivity index (χ1n) is 6.65. The standard InChI is InChI=1S/C15H17N3O2/c1-10-7-14(18(2)17-10)16-15(19)12-8-11-5-3-4-6-13(11)20-9-12/h3-7,12H,8-9H2,1-2H3,(H,16,19). The van der Waals surface area contributed by atoms with Crippen LogP contribution in [0.2, 0.25) is 0 Å². The number of nitrogens with one attached hydrogen (secondary N) is 1. The van der Waals surface area contributed by atoms with Crippen LogP contribution in [-0.4, -0.2) is 22.3 Å². The molecule has 2 aromatic rings. The topological polar surface area (TPSA) is 56.1 Å². The van der Waals surface area contributed by atoms with Crippen LogP contribution < -0.4 is 10.1 Å². The lowest BCUT2D eigenvalue weighted by Crippen LogP contribution is -2.33. The molecule has 5 nitrogen and oxygen atoms in total. The summed E-state index contributed by atoms with van der Waals surface area (Å²) in [6.45, 7) is 2.31. The minimum Gasteiger partial charge on any atom is -0.492 e. The molecule has 3 rings (SSSR count). The summed E-state index contributed by atoms with van der Waals surface area (Å²) in [4.78, 5) is 12.3. The Morgan fingerprint density at radius 1 is 1.45 bits per heavy atom. The quantitative estimate of drug-likeness (QED) is 0.908. The van der Waals surface area contributed by atoms with Crippen LogP contribution in [0, 0.1) is 12.8 Å². The van der Waals surface area contributed by atoms with Crippen molar-refractivity contribution in [2.24, 2.45) is 13.0 Å². The summed E-state index contributed by atoms with van der Waals surface area (Å²) < 4.78 is 7.32. The number of rotatable bonds is 2. The fourth-order valence-corrected chi connectivity index (χ4v) is 2.45. The Balaban J connectivity index is 1.72. The van der Waals surface area contributed by atoms with Crippen molar-refractivity contribution in [3.8, 4) is 5.75 Å². The van der Waals surface area contributed by atoms with E-state index in [0.29, 0.717) is 18.8 Å². The average molecular weight is 271 g/mol. The van der Waals surface area contributed by atoms with Gasteiger partial charge >= 0.3 is 0 Å². The van der Waals surface area contributed by atoms with Crippen molar-refractivity contribution in [1.82, 2.24) is 9.78 Å². The van der Waals surface area contributed by atoms with Crippen molar-refractivity contribution < 1.29 is 9.53 Å². The first-order chi connectivity index (χ1) is 9.63. The molecule has 1 aliphatic rings. The minimum atomic E-state index is -0.167. The predicted octanol–water partition coefficient (Wildman–Crippen LogP) is 1.92. The van der Waals surface area contributed by atoms with Crippen molar-refractivity contribution in [2.45, 2.75) is 13.3 Å². The first-order valence-corrected chi connectivity index (χ1v) is 6.65. The summed E-state index contributed by atoms with van der Waals surface area (Å²) in [5.41, 5.74) is 1.97. The number of aryl methyl sites for hydroxylation is 2. The second-order valence-electron chi connectivity index (χ2n) is 5.10. The second-order valence-corrected chi connectivity index (χ2v) is 5.10. The molecule has 0 bridgehead atoms. The Hall–Kier alpha value is -2.30. The molecule has 1 N–H and O–H groups in total. The molecule has 1 aromatic heterocycles. The zero-order valence-corrected chi connectivity index (χ0v) is 11.6. The summed E-state index contributed by atoms with van der Waals surface area (Å²) in [5, 5.41) is 7.13. The highest BCUT2D eigenvalue weighted by Gasteiger charge is 2.26. The van der Waals surface area contributed by atoms with E-state index in [2.05, 4.69) is 10.4 Å². The molecule has 5 heteroatoms. The Kier molecular flexibility index (Phi) is 3.18. The smallest absolute Gasteiger partial charge is 0.232 e. The summed E-state index contributed by atoms with van der Waals surface area (Å²) in [5.74, 6) is 1.40. The third kappa shape index (κ3) is 2.39. The molecule has 0 spiro atoms. The van der Waals surface area contributed by atoms with Gasteiger partial charge in [-0.25, -0.2) is 0 Å². The van der Waals surface area contributed by atoms with Gasteiger partial charge in [0.15, 0.2) is 0 Å². The van der Waals surface area contributed by atoms with Crippen molar-refractivity contribution in [2.75, 3.05) is 11.9 Å². The Labute approximate surface area is 117 Å². The van der Waals surface area contributed by atoms with Gasteiger partial charge in [0, 0.05) is 13.1 Å². The number of para-hydroxylation sites is 1. The number of ether oxygens (including phenoxy) is 1. The van der Waals surface area contributed by atoms with Gasteiger partial charge in [-0.05, 0) is 25.0 Å². The van der Waals surface area contributed by atoms with Crippen LogP contribution in [-0.2, 0) is 18.3 Å². The average Bonchev–Trinajstić information content (AvgIpc) is 2.76. The second kappa shape index (κ2) is 5.00. The molecular formula is C15H17N3O2. The molecule has 2 heterocycles. The molecule has 20 heavy (non-hydrogen) atoms. The van der Waals surface area contributed by atoms with E-state index < -0.39 is 0 Å². The monoisotopic (exact) mass is 271 g/mol. The molecule has 1 aliphatic heterocycles. The molecule has 1 atom stereocenters. The molecule has 0 fully saturated rings. The number of fused-ring (bicyclic) bond motifs is 1. The number of anilines is 1. The fourth-order valence-electron chi connectivity index (χ4n) is 2.45. The number of carbonyl (C=O) groups is 1. The van der Waals surface area contributed by atoms with Gasteiger partial charge in [0.05, 0.1) is 11.6 Å². The van der Waals surface area contributed by atoms with Gasteiger partial charge in [0.1, 0.15) is 18.2 Å². The fraction of sp³-hybridized carbons (Fsp3) is 0.333. The Morgan fingerprint density at radius 3 is 3.00 bits per heavy atom. The lowest BCUT2D eigenvalue weighted by molar-refractivity contribution is -0.121. The van der Waals surface area contributed by atoms with Crippen LogP contribution in [0.3, 0.4) is 0 Å². The molecule has 0 saturated carbocycles. The third-order valence-electron chi connectivity index (χ3n) is 3.50. The van der Waals surface area contributed by atoms with Gasteiger partial charge in [0.2, 0.25) is 5.91 Å². The van der Waals surface area contributed by atoms with Crippen LogP contribution in [0.5, 0.6) is 5.75 Å². The van der Waals surface area contributed by atoms with Crippen LogP contribution in [0.15, 0.2) is 30.3 Å². The summed E-state index contributed by atoms with van der Waals surface area (Å²) >= 11 is 0. The highest BCUT2D eigenvalue weighted by Crippen LogP contribution is 2.27. The van der Waals surface area contributed by atoms with E-state index in [0.717, 1.165) is 17.0 Å². The molecule has 1 amide bonds. The number of benzene rings is 1. The molecule has 1 unspecified atom stereocenters. The lowest BCUT2D eigenvalue weighted by Gasteiger charge is -2.24. The van der Waals surface area contributed by atoms with Gasteiger partial charge in [-0.15, -0.1) is 0 Å². The van der Waals surface area contributed by atoms with E-state index in [1.54, 1.807) is 4.68 Å². The molecule has 104 valence electrons. The zero-order valence-electron chi connectivity index (χ0n) is 11.6. The van der Waals surface area contributed by atoms with E-state index in [9.17, 15) is 4.79 Å². The van der Waals surface area contributed by atoms with Crippen molar-refractivity contribution in [3.05, 3.63) is 41.6 Å². The van der Waals surface area contributed by atoms with Crippen LogP contribution in [0.1, 0.15) is 11.3 Å². The molecule has 0 aliphatic carbocycles. The Morgan fingerprint density at radius 2 is 2.25 bits per heavy atom. The van der Waals surface area contributed by atoms with Crippen molar-refractivity contribution in [3.63, 3.8) is 0 Å². The molecule has 1 aromatic carbocycles. The molecule has 0 saturated heterocycles. The van der Waals surface area contributed by atoms with E-state index in [1.807, 2.05) is 44.3 Å². The number of carbonyl (C=O) groups excluding carboxylic acids is 1. The van der Waals surface area contributed by atoms with Gasteiger partial charge in [-0.2, -0.15) is 5.10 Å². The number of amides is 1. The van der Waals surface area contributed by atoms with Gasteiger partial charge in [0.25, 0.3) is 0 Å². The van der Waals surface area contributed by atoms with E-state index in [1.165, 1.54) is 0 Å². The van der Waals surface area contributed by atoms with Gasteiger partial charge in [-0.3, -0.25) is 9.48 Å². The highest BCUT2D eigenvalue weighted by molar-refractivity contribution is 5.92. The van der Waals surface area contributed by atoms with Crippen molar-refractivity contribution >= 4 is 11.7 Å². The maximum absolute atomic E-state index is 12.3. The highest BCUT2D eigenvalue weighted by atomic mass is 16.5. The summed E-state index contributed by atoms with van der Waals surface area (Å²) in [6, 6.07) is 9.71. The SMILES string of the molecule is Cc1cc(NC(=O)C2COc3ccccc3C2)n(C)n1.